The summed E-state index contributed by atoms with van der Waals surface area (Å²) in [6, 6.07) is 4.26. The van der Waals surface area contributed by atoms with Gasteiger partial charge in [-0.15, -0.1) is 0 Å². The summed E-state index contributed by atoms with van der Waals surface area (Å²) < 4.78 is 23.0. The maximum absolute atomic E-state index is 11.8. The molecule has 1 aromatic carbocycles. The van der Waals surface area contributed by atoms with E-state index in [0.717, 1.165) is 25.5 Å². The van der Waals surface area contributed by atoms with Crippen molar-refractivity contribution >= 4 is 27.3 Å². The number of hydrogen-bond acceptors (Lipinski definition) is 3. The number of benzene rings is 1. The summed E-state index contributed by atoms with van der Waals surface area (Å²) >= 11 is 5.82. The molecule has 6 heteroatoms. The standard InChI is InChI=1S/C13H18ClNO3S/c1-3-4-5-8-15-13(16)10-6-7-11(14)12(9-10)19(2,17)18/h6-7,9H,3-5,8H2,1-2H3,(H,15,16). The van der Waals surface area contributed by atoms with E-state index < -0.39 is 9.84 Å². The van der Waals surface area contributed by atoms with Crippen molar-refractivity contribution in [2.45, 2.75) is 31.1 Å². The van der Waals surface area contributed by atoms with Gasteiger partial charge in [0.15, 0.2) is 9.84 Å². The second-order valence-corrected chi connectivity index (χ2v) is 6.77. The van der Waals surface area contributed by atoms with Crippen LogP contribution in [0.2, 0.25) is 5.02 Å². The normalized spacial score (nSPS) is 11.3. The summed E-state index contributed by atoms with van der Waals surface area (Å²) in [6.45, 7) is 2.67. The first-order valence-corrected chi connectivity index (χ1v) is 8.41. The van der Waals surface area contributed by atoms with Crippen LogP contribution in [0.15, 0.2) is 23.1 Å². The topological polar surface area (TPSA) is 63.2 Å². The molecule has 106 valence electrons. The monoisotopic (exact) mass is 303 g/mol. The highest BCUT2D eigenvalue weighted by Crippen LogP contribution is 2.22. The molecule has 0 atom stereocenters. The zero-order chi connectivity index (χ0) is 14.5. The number of rotatable bonds is 6. The highest BCUT2D eigenvalue weighted by atomic mass is 35.5. The van der Waals surface area contributed by atoms with Crippen LogP contribution in [-0.4, -0.2) is 27.1 Å². The summed E-state index contributed by atoms with van der Waals surface area (Å²) in [5.41, 5.74) is 0.307. The van der Waals surface area contributed by atoms with Gasteiger partial charge in [0.1, 0.15) is 0 Å². The van der Waals surface area contributed by atoms with Crippen LogP contribution in [0.1, 0.15) is 36.5 Å². The zero-order valence-electron chi connectivity index (χ0n) is 11.1. The van der Waals surface area contributed by atoms with Gasteiger partial charge in [-0.3, -0.25) is 4.79 Å². The first-order chi connectivity index (χ1) is 8.86. The number of amides is 1. The lowest BCUT2D eigenvalue weighted by molar-refractivity contribution is 0.0953. The van der Waals surface area contributed by atoms with Crippen LogP contribution in [0.25, 0.3) is 0 Å². The lowest BCUT2D eigenvalue weighted by Crippen LogP contribution is -2.24. The summed E-state index contributed by atoms with van der Waals surface area (Å²) in [5.74, 6) is -0.280. The molecular formula is C13H18ClNO3S. The summed E-state index contributed by atoms with van der Waals surface area (Å²) in [6.07, 6.45) is 4.11. The molecule has 0 aliphatic rings. The Bertz CT molecular complexity index is 555. The largest absolute Gasteiger partial charge is 0.352 e. The molecule has 0 bridgehead atoms. The molecule has 0 fully saturated rings. The van der Waals surface area contributed by atoms with Crippen molar-refractivity contribution in [3.63, 3.8) is 0 Å². The number of hydrogen-bond donors (Lipinski definition) is 1. The third kappa shape index (κ3) is 4.84. The number of carbonyl (C=O) groups is 1. The van der Waals surface area contributed by atoms with E-state index in [9.17, 15) is 13.2 Å². The molecule has 1 aromatic rings. The molecule has 4 nitrogen and oxygen atoms in total. The molecular weight excluding hydrogens is 286 g/mol. The predicted molar refractivity (Wildman–Crippen MR) is 76.4 cm³/mol. The molecule has 0 saturated heterocycles. The molecule has 0 radical (unpaired) electrons. The Morgan fingerprint density at radius 3 is 2.58 bits per heavy atom. The van der Waals surface area contributed by atoms with Crippen LogP contribution >= 0.6 is 11.6 Å². The second-order valence-electron chi connectivity index (χ2n) is 4.38. The number of unbranched alkanes of at least 4 members (excludes halogenated alkanes) is 2. The van der Waals surface area contributed by atoms with Crippen LogP contribution in [0.5, 0.6) is 0 Å². The Morgan fingerprint density at radius 1 is 1.32 bits per heavy atom. The van der Waals surface area contributed by atoms with Crippen LogP contribution in [0.4, 0.5) is 0 Å². The summed E-state index contributed by atoms with van der Waals surface area (Å²) in [5, 5.41) is 2.88. The van der Waals surface area contributed by atoms with Gasteiger partial charge in [-0.2, -0.15) is 0 Å². The average molecular weight is 304 g/mol. The molecule has 0 aliphatic heterocycles. The zero-order valence-corrected chi connectivity index (χ0v) is 12.6. The summed E-state index contributed by atoms with van der Waals surface area (Å²) in [7, 11) is -3.43. The molecule has 0 aromatic heterocycles. The second kappa shape index (κ2) is 6.91. The van der Waals surface area contributed by atoms with Gasteiger partial charge >= 0.3 is 0 Å². The highest BCUT2D eigenvalue weighted by molar-refractivity contribution is 7.90. The molecule has 1 amide bonds. The SMILES string of the molecule is CCCCCNC(=O)c1ccc(Cl)c(S(C)(=O)=O)c1. The van der Waals surface area contributed by atoms with Gasteiger partial charge in [-0.1, -0.05) is 31.4 Å². The van der Waals surface area contributed by atoms with E-state index in [4.69, 9.17) is 11.6 Å². The van der Waals surface area contributed by atoms with Crippen LogP contribution in [-0.2, 0) is 9.84 Å². The number of halogens is 1. The van der Waals surface area contributed by atoms with Crippen molar-refractivity contribution in [1.29, 1.82) is 0 Å². The van der Waals surface area contributed by atoms with Crippen LogP contribution < -0.4 is 5.32 Å². The van der Waals surface area contributed by atoms with Crippen LogP contribution in [0.3, 0.4) is 0 Å². The van der Waals surface area contributed by atoms with Gasteiger partial charge in [-0.05, 0) is 24.6 Å². The summed E-state index contributed by atoms with van der Waals surface area (Å²) in [4.78, 5) is 11.8. The average Bonchev–Trinajstić information content (AvgIpc) is 2.33. The van der Waals surface area contributed by atoms with E-state index in [-0.39, 0.29) is 15.8 Å². The molecule has 0 saturated carbocycles. The minimum atomic E-state index is -3.43. The number of sulfone groups is 1. The van der Waals surface area contributed by atoms with Crippen LogP contribution in [0, 0.1) is 0 Å². The van der Waals surface area contributed by atoms with E-state index in [2.05, 4.69) is 12.2 Å². The van der Waals surface area contributed by atoms with Gasteiger partial charge < -0.3 is 5.32 Å². The van der Waals surface area contributed by atoms with Gasteiger partial charge in [0.25, 0.3) is 5.91 Å². The Kier molecular flexibility index (Phi) is 5.82. The van der Waals surface area contributed by atoms with E-state index in [1.54, 1.807) is 0 Å². The fourth-order valence-corrected chi connectivity index (χ4v) is 2.91. The van der Waals surface area contributed by atoms with Crippen molar-refractivity contribution in [1.82, 2.24) is 5.32 Å². The first kappa shape index (κ1) is 16.0. The first-order valence-electron chi connectivity index (χ1n) is 6.14. The van der Waals surface area contributed by atoms with Gasteiger partial charge in [0.2, 0.25) is 0 Å². The Labute approximate surface area is 119 Å². The minimum absolute atomic E-state index is 0.0182. The van der Waals surface area contributed by atoms with Crippen molar-refractivity contribution in [3.8, 4) is 0 Å². The fraction of sp³-hybridized carbons (Fsp3) is 0.462. The molecule has 19 heavy (non-hydrogen) atoms. The molecule has 1 N–H and O–H groups in total. The van der Waals surface area contributed by atoms with E-state index in [1.807, 2.05) is 0 Å². The van der Waals surface area contributed by atoms with Crippen molar-refractivity contribution in [2.24, 2.45) is 0 Å². The lowest BCUT2D eigenvalue weighted by atomic mass is 10.2. The molecule has 0 aliphatic carbocycles. The molecule has 0 heterocycles. The molecule has 0 unspecified atom stereocenters. The number of carbonyl (C=O) groups excluding carboxylic acids is 1. The van der Waals surface area contributed by atoms with Gasteiger partial charge in [0, 0.05) is 18.4 Å². The van der Waals surface area contributed by atoms with E-state index in [1.165, 1.54) is 18.2 Å². The van der Waals surface area contributed by atoms with Gasteiger partial charge in [-0.25, -0.2) is 8.42 Å². The molecule has 1 rings (SSSR count). The van der Waals surface area contributed by atoms with E-state index in [0.29, 0.717) is 12.1 Å². The Balaban J connectivity index is 2.82. The van der Waals surface area contributed by atoms with Gasteiger partial charge in [0.05, 0.1) is 9.92 Å². The maximum atomic E-state index is 11.8. The van der Waals surface area contributed by atoms with Crippen molar-refractivity contribution < 1.29 is 13.2 Å². The lowest BCUT2D eigenvalue weighted by Gasteiger charge is -2.07. The van der Waals surface area contributed by atoms with E-state index >= 15 is 0 Å². The fourth-order valence-electron chi connectivity index (χ4n) is 1.61. The quantitative estimate of drug-likeness (QED) is 0.822. The van der Waals surface area contributed by atoms with Crippen molar-refractivity contribution in [3.05, 3.63) is 28.8 Å². The molecule has 0 spiro atoms. The smallest absolute Gasteiger partial charge is 0.251 e. The van der Waals surface area contributed by atoms with Crippen molar-refractivity contribution in [2.75, 3.05) is 12.8 Å². The Hall–Kier alpha value is -1.07. The number of nitrogens with one attached hydrogen (secondary N) is 1. The highest BCUT2D eigenvalue weighted by Gasteiger charge is 2.15. The Morgan fingerprint density at radius 2 is 2.00 bits per heavy atom. The predicted octanol–water partition coefficient (Wildman–Crippen LogP) is 2.66. The third-order valence-electron chi connectivity index (χ3n) is 2.66. The maximum Gasteiger partial charge on any atom is 0.251 e. The minimum Gasteiger partial charge on any atom is -0.352 e. The third-order valence-corrected chi connectivity index (χ3v) is 4.24.